The number of carbonyl (C=O) groups is 2. The van der Waals surface area contributed by atoms with Gasteiger partial charge in [-0.3, -0.25) is 14.5 Å². The lowest BCUT2D eigenvalue weighted by atomic mass is 9.95. The summed E-state index contributed by atoms with van der Waals surface area (Å²) in [6, 6.07) is 21.0. The zero-order valence-corrected chi connectivity index (χ0v) is 18.8. The molecule has 5 rings (SSSR count). The SMILES string of the molecule is COc1ccc2nc(N3C(=O)C(=O)C(=C(O)c4ccccc4)[C@@H]3c3ccc(C)cc3)sc2c1. The normalized spacial score (nSPS) is 17.6. The molecule has 7 heteroatoms. The predicted octanol–water partition coefficient (Wildman–Crippen LogP) is 5.24. The molecule has 33 heavy (non-hydrogen) atoms. The van der Waals surface area contributed by atoms with Crippen LogP contribution in [0.3, 0.4) is 0 Å². The van der Waals surface area contributed by atoms with Gasteiger partial charge >= 0.3 is 5.91 Å². The molecule has 0 radical (unpaired) electrons. The first-order valence-corrected chi connectivity index (χ1v) is 11.2. The van der Waals surface area contributed by atoms with Crippen LogP contribution >= 0.6 is 11.3 Å². The van der Waals surface area contributed by atoms with Gasteiger partial charge in [-0.2, -0.15) is 0 Å². The molecular weight excluding hydrogens is 436 g/mol. The molecule has 1 aliphatic rings. The zero-order valence-electron chi connectivity index (χ0n) is 18.0. The molecule has 1 aliphatic heterocycles. The second kappa shape index (κ2) is 8.18. The third-order valence-electron chi connectivity index (χ3n) is 5.68. The molecule has 1 fully saturated rings. The van der Waals surface area contributed by atoms with E-state index < -0.39 is 17.7 Å². The Morgan fingerprint density at radius 2 is 1.76 bits per heavy atom. The van der Waals surface area contributed by atoms with Crippen LogP contribution in [0, 0.1) is 6.92 Å². The molecule has 1 aromatic heterocycles. The van der Waals surface area contributed by atoms with E-state index in [0.717, 1.165) is 10.3 Å². The highest BCUT2D eigenvalue weighted by atomic mass is 32.1. The Kier molecular flexibility index (Phi) is 5.18. The first-order valence-electron chi connectivity index (χ1n) is 10.4. The topological polar surface area (TPSA) is 79.7 Å². The van der Waals surface area contributed by atoms with E-state index in [9.17, 15) is 14.7 Å². The second-order valence-electron chi connectivity index (χ2n) is 7.78. The number of ketones is 1. The number of aryl methyl sites for hydroxylation is 1. The summed E-state index contributed by atoms with van der Waals surface area (Å²) in [6.07, 6.45) is 0. The Bertz CT molecular complexity index is 1410. The van der Waals surface area contributed by atoms with Gasteiger partial charge < -0.3 is 9.84 Å². The quantitative estimate of drug-likeness (QED) is 0.258. The van der Waals surface area contributed by atoms with Crippen LogP contribution in [0.2, 0.25) is 0 Å². The Morgan fingerprint density at radius 1 is 1.03 bits per heavy atom. The fraction of sp³-hybridized carbons (Fsp3) is 0.115. The minimum Gasteiger partial charge on any atom is -0.507 e. The first-order chi connectivity index (χ1) is 16.0. The van der Waals surface area contributed by atoms with Crippen LogP contribution in [0.25, 0.3) is 16.0 Å². The minimum absolute atomic E-state index is 0.0480. The summed E-state index contributed by atoms with van der Waals surface area (Å²) >= 11 is 1.30. The summed E-state index contributed by atoms with van der Waals surface area (Å²) in [5, 5.41) is 11.5. The van der Waals surface area contributed by atoms with Crippen LogP contribution in [-0.4, -0.2) is 28.9 Å². The average molecular weight is 457 g/mol. The largest absolute Gasteiger partial charge is 0.507 e. The number of ether oxygens (including phenoxy) is 1. The number of methoxy groups -OCH3 is 1. The van der Waals surface area contributed by atoms with E-state index in [-0.39, 0.29) is 11.3 Å². The molecule has 1 amide bonds. The minimum atomic E-state index is -0.798. The van der Waals surface area contributed by atoms with E-state index in [1.807, 2.05) is 49.4 Å². The maximum Gasteiger partial charge on any atom is 0.301 e. The van der Waals surface area contributed by atoms with E-state index in [2.05, 4.69) is 4.98 Å². The zero-order chi connectivity index (χ0) is 23.1. The summed E-state index contributed by atoms with van der Waals surface area (Å²) in [4.78, 5) is 32.5. The summed E-state index contributed by atoms with van der Waals surface area (Å²) in [7, 11) is 1.59. The van der Waals surface area contributed by atoms with Crippen LogP contribution in [0.15, 0.2) is 78.4 Å². The molecular formula is C26H20N2O4S. The van der Waals surface area contributed by atoms with E-state index in [4.69, 9.17) is 4.74 Å². The average Bonchev–Trinajstić information content (AvgIpc) is 3.37. The molecule has 4 aromatic rings. The maximum absolute atomic E-state index is 13.3. The molecule has 1 atom stereocenters. The molecule has 0 unspecified atom stereocenters. The van der Waals surface area contributed by atoms with E-state index in [1.165, 1.54) is 16.2 Å². The van der Waals surface area contributed by atoms with E-state index >= 15 is 0 Å². The van der Waals surface area contributed by atoms with Gasteiger partial charge in [0.05, 0.1) is 28.9 Å². The molecule has 6 nitrogen and oxygen atoms in total. The van der Waals surface area contributed by atoms with Crippen molar-refractivity contribution in [1.82, 2.24) is 4.98 Å². The van der Waals surface area contributed by atoms with Crippen molar-refractivity contribution in [2.45, 2.75) is 13.0 Å². The molecule has 0 bridgehead atoms. The Hall–Kier alpha value is -3.97. The van der Waals surface area contributed by atoms with Crippen molar-refractivity contribution < 1.29 is 19.4 Å². The summed E-state index contributed by atoms with van der Waals surface area (Å²) < 4.78 is 6.13. The van der Waals surface area contributed by atoms with Gasteiger partial charge in [-0.1, -0.05) is 71.5 Å². The molecule has 0 aliphatic carbocycles. The number of carbonyl (C=O) groups excluding carboxylic acids is 2. The van der Waals surface area contributed by atoms with Gasteiger partial charge in [-0.05, 0) is 30.7 Å². The molecule has 1 saturated heterocycles. The third kappa shape index (κ3) is 3.56. The van der Waals surface area contributed by atoms with Gasteiger partial charge in [0, 0.05) is 5.56 Å². The van der Waals surface area contributed by atoms with Crippen molar-refractivity contribution in [1.29, 1.82) is 0 Å². The number of fused-ring (bicyclic) bond motifs is 1. The number of Topliss-reactive ketones (excluding diaryl/α,β-unsaturated/α-hetero) is 1. The summed E-state index contributed by atoms with van der Waals surface area (Å²) in [6.45, 7) is 1.96. The fourth-order valence-electron chi connectivity index (χ4n) is 3.97. The Morgan fingerprint density at radius 3 is 2.45 bits per heavy atom. The van der Waals surface area contributed by atoms with Crippen LogP contribution in [0.1, 0.15) is 22.7 Å². The lowest BCUT2D eigenvalue weighted by Crippen LogP contribution is -2.29. The number of hydrogen-bond acceptors (Lipinski definition) is 6. The number of thiazole rings is 1. The highest BCUT2D eigenvalue weighted by molar-refractivity contribution is 7.22. The highest BCUT2D eigenvalue weighted by Gasteiger charge is 2.48. The Balaban J connectivity index is 1.72. The summed E-state index contributed by atoms with van der Waals surface area (Å²) in [5.41, 5.74) is 2.98. The third-order valence-corrected chi connectivity index (χ3v) is 6.69. The molecule has 1 N–H and O–H groups in total. The number of aliphatic hydroxyl groups is 1. The first kappa shape index (κ1) is 20.9. The van der Waals surface area contributed by atoms with Crippen LogP contribution in [0.4, 0.5) is 5.13 Å². The van der Waals surface area contributed by atoms with Crippen molar-refractivity contribution in [2.24, 2.45) is 0 Å². The monoisotopic (exact) mass is 456 g/mol. The maximum atomic E-state index is 13.3. The lowest BCUT2D eigenvalue weighted by Gasteiger charge is -2.23. The van der Waals surface area contributed by atoms with Crippen molar-refractivity contribution in [2.75, 3.05) is 12.0 Å². The van der Waals surface area contributed by atoms with Gasteiger partial charge in [0.15, 0.2) is 5.13 Å². The number of rotatable bonds is 4. The number of anilines is 1. The van der Waals surface area contributed by atoms with E-state index in [0.29, 0.717) is 27.5 Å². The summed E-state index contributed by atoms with van der Waals surface area (Å²) in [5.74, 6) is -0.980. The van der Waals surface area contributed by atoms with Crippen LogP contribution < -0.4 is 9.64 Å². The van der Waals surface area contributed by atoms with Crippen LogP contribution in [0.5, 0.6) is 5.75 Å². The number of amides is 1. The number of nitrogens with zero attached hydrogens (tertiary/aromatic N) is 2. The van der Waals surface area contributed by atoms with E-state index in [1.54, 1.807) is 37.4 Å². The number of benzene rings is 3. The van der Waals surface area contributed by atoms with Gasteiger partial charge in [0.2, 0.25) is 0 Å². The Labute approximate surface area is 194 Å². The van der Waals surface area contributed by atoms with Crippen molar-refractivity contribution in [3.8, 4) is 5.75 Å². The lowest BCUT2D eigenvalue weighted by molar-refractivity contribution is -0.132. The van der Waals surface area contributed by atoms with Crippen molar-refractivity contribution in [3.05, 3.63) is 95.1 Å². The van der Waals surface area contributed by atoms with Crippen molar-refractivity contribution in [3.63, 3.8) is 0 Å². The smallest absolute Gasteiger partial charge is 0.301 e. The van der Waals surface area contributed by atoms with Gasteiger partial charge in [-0.25, -0.2) is 4.98 Å². The molecule has 0 saturated carbocycles. The van der Waals surface area contributed by atoms with Gasteiger partial charge in [-0.15, -0.1) is 0 Å². The molecule has 2 heterocycles. The molecule has 0 spiro atoms. The standard InChI is InChI=1S/C26H20N2O4S/c1-15-8-10-16(11-9-15)22-21(23(29)17-6-4-3-5-7-17)24(30)25(31)28(22)26-27-19-13-12-18(32-2)14-20(19)33-26/h3-14,22,29H,1-2H3/t22-/m0/s1. The fourth-order valence-corrected chi connectivity index (χ4v) is 4.99. The number of aliphatic hydroxyl groups excluding tert-OH is 1. The number of hydrogen-bond donors (Lipinski definition) is 1. The second-order valence-corrected chi connectivity index (χ2v) is 8.79. The van der Waals surface area contributed by atoms with Crippen LogP contribution in [-0.2, 0) is 9.59 Å². The molecule has 164 valence electrons. The predicted molar refractivity (Wildman–Crippen MR) is 129 cm³/mol. The van der Waals surface area contributed by atoms with Gasteiger partial charge in [0.1, 0.15) is 11.5 Å². The van der Waals surface area contributed by atoms with Gasteiger partial charge in [0.25, 0.3) is 5.78 Å². The van der Waals surface area contributed by atoms with Crippen molar-refractivity contribution >= 4 is 44.1 Å². The molecule has 3 aromatic carbocycles. The number of aromatic nitrogens is 1. The highest BCUT2D eigenvalue weighted by Crippen LogP contribution is 2.44.